The highest BCUT2D eigenvalue weighted by atomic mass is 79.9. The molecule has 0 unspecified atom stereocenters. The maximum atomic E-state index is 12.2. The van der Waals surface area contributed by atoms with E-state index in [9.17, 15) is 4.79 Å². The average Bonchev–Trinajstić information content (AvgIpc) is 2.76. The Balaban J connectivity index is 2.27. The number of benzene rings is 1. The van der Waals surface area contributed by atoms with Crippen molar-refractivity contribution >= 4 is 33.0 Å². The zero-order valence-electron chi connectivity index (χ0n) is 9.57. The number of halogens is 1. The van der Waals surface area contributed by atoms with Crippen molar-refractivity contribution in [2.75, 3.05) is 0 Å². The Kier molecular flexibility index (Phi) is 4.13. The maximum absolute atomic E-state index is 12.2. The van der Waals surface area contributed by atoms with Crippen LogP contribution in [0.2, 0.25) is 0 Å². The summed E-state index contributed by atoms with van der Waals surface area (Å²) in [5, 5.41) is 1.89. The number of thiophene rings is 1. The fraction of sp³-hybridized carbons (Fsp3) is 0.214. The van der Waals surface area contributed by atoms with Gasteiger partial charge in [0.25, 0.3) is 0 Å². The molecule has 0 aliphatic rings. The number of hydrogen-bond donors (Lipinski definition) is 0. The second kappa shape index (κ2) is 5.61. The van der Waals surface area contributed by atoms with E-state index in [0.29, 0.717) is 0 Å². The van der Waals surface area contributed by atoms with E-state index < -0.39 is 0 Å². The predicted octanol–water partition coefficient (Wildman–Crippen LogP) is 4.69. The smallest absolute Gasteiger partial charge is 0.193 e. The van der Waals surface area contributed by atoms with Crippen LogP contribution < -0.4 is 0 Å². The Bertz CT molecular complexity index is 531. The quantitative estimate of drug-likeness (QED) is 0.749. The number of rotatable bonds is 4. The molecule has 0 radical (unpaired) electrons. The minimum atomic E-state index is 0.102. The van der Waals surface area contributed by atoms with Crippen LogP contribution in [-0.2, 0) is 6.42 Å². The largest absolute Gasteiger partial charge is 0.289 e. The SMILES string of the molecule is CCCc1cccc(C(=O)c2csc(Br)c2)c1. The Morgan fingerprint density at radius 3 is 2.76 bits per heavy atom. The maximum Gasteiger partial charge on any atom is 0.193 e. The molecule has 0 atom stereocenters. The fourth-order valence-electron chi connectivity index (χ4n) is 1.75. The van der Waals surface area contributed by atoms with Gasteiger partial charge in [-0.25, -0.2) is 0 Å². The first-order valence-corrected chi connectivity index (χ1v) is 7.25. The average molecular weight is 309 g/mol. The molecule has 1 aromatic carbocycles. The summed E-state index contributed by atoms with van der Waals surface area (Å²) in [5.41, 5.74) is 2.77. The highest BCUT2D eigenvalue weighted by molar-refractivity contribution is 9.11. The third kappa shape index (κ3) is 3.05. The third-order valence-corrected chi connectivity index (χ3v) is 4.06. The van der Waals surface area contributed by atoms with Crippen molar-refractivity contribution in [3.63, 3.8) is 0 Å². The zero-order valence-corrected chi connectivity index (χ0v) is 12.0. The normalized spacial score (nSPS) is 10.5. The molecule has 2 aromatic rings. The van der Waals surface area contributed by atoms with Crippen LogP contribution in [0.25, 0.3) is 0 Å². The molecule has 0 N–H and O–H groups in total. The summed E-state index contributed by atoms with van der Waals surface area (Å²) in [4.78, 5) is 12.2. The van der Waals surface area contributed by atoms with Crippen molar-refractivity contribution in [2.45, 2.75) is 19.8 Å². The second-order valence-electron chi connectivity index (χ2n) is 3.92. The van der Waals surface area contributed by atoms with Gasteiger partial charge in [-0.3, -0.25) is 4.79 Å². The summed E-state index contributed by atoms with van der Waals surface area (Å²) in [5.74, 6) is 0.102. The van der Waals surface area contributed by atoms with Gasteiger partial charge in [0.2, 0.25) is 0 Å². The molecular formula is C14H13BrOS. The molecule has 0 fully saturated rings. The highest BCUT2D eigenvalue weighted by Crippen LogP contribution is 2.23. The van der Waals surface area contributed by atoms with Crippen LogP contribution in [0.5, 0.6) is 0 Å². The molecule has 88 valence electrons. The number of carbonyl (C=O) groups is 1. The minimum absolute atomic E-state index is 0.102. The molecule has 1 heterocycles. The van der Waals surface area contributed by atoms with Crippen LogP contribution in [0.4, 0.5) is 0 Å². The Hall–Kier alpha value is -0.930. The third-order valence-electron chi connectivity index (χ3n) is 2.56. The molecule has 0 bridgehead atoms. The first-order chi connectivity index (χ1) is 8.20. The molecule has 0 amide bonds. The van der Waals surface area contributed by atoms with Gasteiger partial charge in [0.05, 0.1) is 3.79 Å². The zero-order chi connectivity index (χ0) is 12.3. The number of carbonyl (C=O) groups excluding carboxylic acids is 1. The molecule has 1 aromatic heterocycles. The van der Waals surface area contributed by atoms with Gasteiger partial charge in [0.1, 0.15) is 0 Å². The lowest BCUT2D eigenvalue weighted by molar-refractivity contribution is 0.103. The van der Waals surface area contributed by atoms with Gasteiger partial charge in [-0.1, -0.05) is 31.5 Å². The monoisotopic (exact) mass is 308 g/mol. The van der Waals surface area contributed by atoms with E-state index in [0.717, 1.165) is 27.8 Å². The summed E-state index contributed by atoms with van der Waals surface area (Å²) in [6.45, 7) is 2.14. The lowest BCUT2D eigenvalue weighted by atomic mass is 10.0. The van der Waals surface area contributed by atoms with Crippen molar-refractivity contribution in [1.29, 1.82) is 0 Å². The summed E-state index contributed by atoms with van der Waals surface area (Å²) < 4.78 is 0.991. The molecule has 0 aliphatic heterocycles. The number of ketones is 1. The summed E-state index contributed by atoms with van der Waals surface area (Å²) in [6, 6.07) is 9.79. The Morgan fingerprint density at radius 1 is 1.29 bits per heavy atom. The molecule has 0 aliphatic carbocycles. The minimum Gasteiger partial charge on any atom is -0.289 e. The molecular weight excluding hydrogens is 296 g/mol. The van der Waals surface area contributed by atoms with Crippen LogP contribution in [0.3, 0.4) is 0 Å². The van der Waals surface area contributed by atoms with Gasteiger partial charge < -0.3 is 0 Å². The van der Waals surface area contributed by atoms with E-state index in [4.69, 9.17) is 0 Å². The van der Waals surface area contributed by atoms with Gasteiger partial charge >= 0.3 is 0 Å². The van der Waals surface area contributed by atoms with E-state index in [1.165, 1.54) is 16.9 Å². The molecule has 0 saturated carbocycles. The van der Waals surface area contributed by atoms with Gasteiger partial charge in [-0.15, -0.1) is 11.3 Å². The van der Waals surface area contributed by atoms with Crippen LogP contribution in [0.15, 0.2) is 39.5 Å². The standard InChI is InChI=1S/C14H13BrOS/c1-2-4-10-5-3-6-11(7-10)14(16)12-8-13(15)17-9-12/h3,5-9H,2,4H2,1H3. The first-order valence-electron chi connectivity index (χ1n) is 5.58. The van der Waals surface area contributed by atoms with Crippen molar-refractivity contribution in [3.05, 3.63) is 56.2 Å². The van der Waals surface area contributed by atoms with Crippen molar-refractivity contribution in [2.24, 2.45) is 0 Å². The summed E-state index contributed by atoms with van der Waals surface area (Å²) in [7, 11) is 0. The topological polar surface area (TPSA) is 17.1 Å². The van der Waals surface area contributed by atoms with E-state index in [-0.39, 0.29) is 5.78 Å². The highest BCUT2D eigenvalue weighted by Gasteiger charge is 2.11. The number of hydrogen-bond acceptors (Lipinski definition) is 2. The fourth-order valence-corrected chi connectivity index (χ4v) is 2.89. The van der Waals surface area contributed by atoms with Crippen LogP contribution in [-0.4, -0.2) is 5.78 Å². The first kappa shape index (κ1) is 12.5. The second-order valence-corrected chi connectivity index (χ2v) is 6.21. The van der Waals surface area contributed by atoms with E-state index >= 15 is 0 Å². The molecule has 0 spiro atoms. The Morgan fingerprint density at radius 2 is 2.12 bits per heavy atom. The van der Waals surface area contributed by atoms with E-state index in [2.05, 4.69) is 28.9 Å². The van der Waals surface area contributed by atoms with Gasteiger partial charge in [-0.2, -0.15) is 0 Å². The van der Waals surface area contributed by atoms with Gasteiger partial charge in [0, 0.05) is 16.5 Å². The lowest BCUT2D eigenvalue weighted by Crippen LogP contribution is -2.00. The van der Waals surface area contributed by atoms with E-state index in [1.807, 2.05) is 29.6 Å². The molecule has 3 heteroatoms. The van der Waals surface area contributed by atoms with Gasteiger partial charge in [0.15, 0.2) is 5.78 Å². The van der Waals surface area contributed by atoms with E-state index in [1.54, 1.807) is 0 Å². The molecule has 1 nitrogen and oxygen atoms in total. The van der Waals surface area contributed by atoms with Crippen molar-refractivity contribution in [1.82, 2.24) is 0 Å². The van der Waals surface area contributed by atoms with Crippen molar-refractivity contribution < 1.29 is 4.79 Å². The number of aryl methyl sites for hydroxylation is 1. The predicted molar refractivity (Wildman–Crippen MR) is 75.9 cm³/mol. The Labute approximate surface area is 114 Å². The van der Waals surface area contributed by atoms with Gasteiger partial charge in [-0.05, 0) is 40.0 Å². The molecule has 17 heavy (non-hydrogen) atoms. The summed E-state index contributed by atoms with van der Waals surface area (Å²) in [6.07, 6.45) is 2.12. The van der Waals surface area contributed by atoms with Crippen LogP contribution in [0, 0.1) is 0 Å². The molecule has 0 saturated heterocycles. The van der Waals surface area contributed by atoms with Crippen LogP contribution >= 0.6 is 27.3 Å². The van der Waals surface area contributed by atoms with Crippen molar-refractivity contribution in [3.8, 4) is 0 Å². The molecule has 2 rings (SSSR count). The lowest BCUT2D eigenvalue weighted by Gasteiger charge is -2.02. The summed E-state index contributed by atoms with van der Waals surface area (Å²) >= 11 is 4.92. The van der Waals surface area contributed by atoms with Crippen LogP contribution in [0.1, 0.15) is 34.8 Å².